The molecule has 0 aliphatic heterocycles. The van der Waals surface area contributed by atoms with Crippen LogP contribution in [0.1, 0.15) is 58.8 Å². The summed E-state index contributed by atoms with van der Waals surface area (Å²) in [5, 5.41) is 0. The monoisotopic (exact) mass is 293 g/mol. The number of hydrogen-bond acceptors (Lipinski definition) is 3. The molecule has 120 valence electrons. The molecule has 0 N–H and O–H groups in total. The fourth-order valence-electron chi connectivity index (χ4n) is 5.73. The number of carbonyl (C=O) groups excluding carboxylic acids is 1. The summed E-state index contributed by atoms with van der Waals surface area (Å²) in [4.78, 5) is 13.9. The van der Waals surface area contributed by atoms with Crippen LogP contribution in [0.15, 0.2) is 0 Å². The van der Waals surface area contributed by atoms with Crippen LogP contribution >= 0.6 is 0 Å². The number of rotatable bonds is 6. The van der Waals surface area contributed by atoms with Crippen LogP contribution < -0.4 is 0 Å². The van der Waals surface area contributed by atoms with Gasteiger partial charge in [0.2, 0.25) is 0 Å². The third kappa shape index (κ3) is 3.28. The lowest BCUT2D eigenvalue weighted by atomic mass is 9.49. The number of ether oxygens (including phenoxy) is 1. The van der Waals surface area contributed by atoms with Crippen LogP contribution in [0.3, 0.4) is 0 Å². The Hall–Kier alpha value is -0.570. The Balaban J connectivity index is 1.59. The van der Waals surface area contributed by atoms with Crippen molar-refractivity contribution in [2.75, 3.05) is 20.2 Å². The van der Waals surface area contributed by atoms with Crippen molar-refractivity contribution in [1.29, 1.82) is 0 Å². The van der Waals surface area contributed by atoms with Gasteiger partial charge in [-0.25, -0.2) is 0 Å². The van der Waals surface area contributed by atoms with E-state index >= 15 is 0 Å². The van der Waals surface area contributed by atoms with Crippen LogP contribution in [-0.2, 0) is 9.53 Å². The van der Waals surface area contributed by atoms with Gasteiger partial charge in [-0.3, -0.25) is 9.69 Å². The molecule has 0 aromatic rings. The summed E-state index contributed by atoms with van der Waals surface area (Å²) in [5.74, 6) is 2.95. The predicted molar refractivity (Wildman–Crippen MR) is 83.9 cm³/mol. The number of esters is 1. The lowest BCUT2D eigenvalue weighted by Gasteiger charge is -2.57. The maximum atomic E-state index is 11.6. The number of methoxy groups -OCH3 is 1. The largest absolute Gasteiger partial charge is 0.468 e. The van der Waals surface area contributed by atoms with Gasteiger partial charge in [-0.2, -0.15) is 0 Å². The molecule has 3 heteroatoms. The SMILES string of the molecule is COC(=O)CN(CCC12CC3CC(CC(C3)C1)C2)C(C)C. The molecule has 0 aromatic heterocycles. The zero-order chi connectivity index (χ0) is 15.0. The van der Waals surface area contributed by atoms with Crippen molar-refractivity contribution >= 4 is 5.97 Å². The van der Waals surface area contributed by atoms with Crippen LogP contribution in [0.5, 0.6) is 0 Å². The third-order valence-electron chi connectivity index (χ3n) is 6.38. The summed E-state index contributed by atoms with van der Waals surface area (Å²) in [7, 11) is 1.49. The van der Waals surface area contributed by atoms with Gasteiger partial charge in [-0.05, 0) is 88.5 Å². The van der Waals surface area contributed by atoms with Crippen molar-refractivity contribution in [3.63, 3.8) is 0 Å². The highest BCUT2D eigenvalue weighted by Crippen LogP contribution is 2.61. The van der Waals surface area contributed by atoms with Gasteiger partial charge in [-0.15, -0.1) is 0 Å². The minimum absolute atomic E-state index is 0.103. The predicted octanol–water partition coefficient (Wildman–Crippen LogP) is 3.48. The van der Waals surface area contributed by atoms with E-state index in [1.807, 2.05) is 0 Å². The Morgan fingerprint density at radius 3 is 2.10 bits per heavy atom. The van der Waals surface area contributed by atoms with E-state index in [0.29, 0.717) is 18.0 Å². The summed E-state index contributed by atoms with van der Waals surface area (Å²) >= 11 is 0. The zero-order valence-electron chi connectivity index (χ0n) is 13.9. The first kappa shape index (κ1) is 15.3. The molecule has 0 unspecified atom stereocenters. The van der Waals surface area contributed by atoms with Crippen molar-refractivity contribution in [3.8, 4) is 0 Å². The van der Waals surface area contributed by atoms with Crippen molar-refractivity contribution < 1.29 is 9.53 Å². The summed E-state index contributed by atoms with van der Waals surface area (Å²) in [6.07, 6.45) is 10.2. The summed E-state index contributed by atoms with van der Waals surface area (Å²) in [6, 6.07) is 0.415. The van der Waals surface area contributed by atoms with Crippen molar-refractivity contribution in [3.05, 3.63) is 0 Å². The van der Waals surface area contributed by atoms with Gasteiger partial charge in [0.1, 0.15) is 0 Å². The first-order chi connectivity index (χ1) is 9.99. The molecule has 0 atom stereocenters. The second-order valence-corrected chi connectivity index (χ2v) is 8.31. The molecule has 0 saturated heterocycles. The zero-order valence-corrected chi connectivity index (χ0v) is 13.9. The maximum absolute atomic E-state index is 11.6. The van der Waals surface area contributed by atoms with E-state index in [0.717, 1.165) is 24.3 Å². The van der Waals surface area contributed by atoms with E-state index in [1.54, 1.807) is 0 Å². The molecule has 4 rings (SSSR count). The smallest absolute Gasteiger partial charge is 0.319 e. The molecule has 4 aliphatic carbocycles. The third-order valence-corrected chi connectivity index (χ3v) is 6.38. The minimum Gasteiger partial charge on any atom is -0.468 e. The Kier molecular flexibility index (Phi) is 4.31. The standard InChI is InChI=1S/C18H31NO2/c1-13(2)19(12-17(20)21-3)5-4-18-9-14-6-15(10-18)8-16(7-14)11-18/h13-16H,4-12H2,1-3H3. The summed E-state index contributed by atoms with van der Waals surface area (Å²) in [6.45, 7) is 5.87. The molecule has 0 spiro atoms. The molecule has 0 aromatic carbocycles. The first-order valence-corrected chi connectivity index (χ1v) is 8.80. The van der Waals surface area contributed by atoms with Crippen LogP contribution in [-0.4, -0.2) is 37.1 Å². The van der Waals surface area contributed by atoms with Crippen molar-refractivity contribution in [2.45, 2.75) is 64.8 Å². The van der Waals surface area contributed by atoms with Gasteiger partial charge in [-0.1, -0.05) is 0 Å². The molecule has 4 aliphatic rings. The lowest BCUT2D eigenvalue weighted by Crippen LogP contribution is -2.48. The Morgan fingerprint density at radius 2 is 1.67 bits per heavy atom. The highest BCUT2D eigenvalue weighted by atomic mass is 16.5. The highest BCUT2D eigenvalue weighted by Gasteiger charge is 2.50. The lowest BCUT2D eigenvalue weighted by molar-refractivity contribution is -0.142. The first-order valence-electron chi connectivity index (χ1n) is 8.80. The van der Waals surface area contributed by atoms with Gasteiger partial charge in [0.25, 0.3) is 0 Å². The number of nitrogens with zero attached hydrogens (tertiary/aromatic N) is 1. The molecule has 3 nitrogen and oxygen atoms in total. The molecule has 4 saturated carbocycles. The van der Waals surface area contributed by atoms with Gasteiger partial charge in [0.15, 0.2) is 0 Å². The van der Waals surface area contributed by atoms with Crippen molar-refractivity contribution in [1.82, 2.24) is 4.90 Å². The average Bonchev–Trinajstić information content (AvgIpc) is 2.41. The molecule has 0 amide bonds. The molecular formula is C18H31NO2. The normalized spacial score (nSPS) is 37.5. The second kappa shape index (κ2) is 5.91. The summed E-state index contributed by atoms with van der Waals surface area (Å²) < 4.78 is 4.85. The Bertz CT molecular complexity index is 355. The van der Waals surface area contributed by atoms with E-state index in [1.165, 1.54) is 52.1 Å². The van der Waals surface area contributed by atoms with Crippen LogP contribution in [0.2, 0.25) is 0 Å². The summed E-state index contributed by atoms with van der Waals surface area (Å²) in [5.41, 5.74) is 0.609. The van der Waals surface area contributed by atoms with Crippen LogP contribution in [0, 0.1) is 23.2 Å². The van der Waals surface area contributed by atoms with E-state index in [4.69, 9.17) is 4.74 Å². The van der Waals surface area contributed by atoms with E-state index in [-0.39, 0.29) is 5.97 Å². The molecule has 0 heterocycles. The minimum atomic E-state index is -0.103. The van der Waals surface area contributed by atoms with Gasteiger partial charge in [0.05, 0.1) is 13.7 Å². The molecular weight excluding hydrogens is 262 g/mol. The van der Waals surface area contributed by atoms with Crippen LogP contribution in [0.4, 0.5) is 0 Å². The number of carbonyl (C=O) groups is 1. The molecule has 0 radical (unpaired) electrons. The average molecular weight is 293 g/mol. The van der Waals surface area contributed by atoms with Gasteiger partial charge in [0, 0.05) is 6.04 Å². The number of hydrogen-bond donors (Lipinski definition) is 0. The van der Waals surface area contributed by atoms with E-state index in [9.17, 15) is 4.79 Å². The topological polar surface area (TPSA) is 29.5 Å². The Labute approximate surface area is 129 Å². The Morgan fingerprint density at radius 1 is 1.14 bits per heavy atom. The fraction of sp³-hybridized carbons (Fsp3) is 0.944. The second-order valence-electron chi connectivity index (χ2n) is 8.31. The highest BCUT2D eigenvalue weighted by molar-refractivity contribution is 5.71. The van der Waals surface area contributed by atoms with Gasteiger partial charge < -0.3 is 4.74 Å². The molecule has 4 bridgehead atoms. The maximum Gasteiger partial charge on any atom is 0.319 e. The molecule has 4 fully saturated rings. The van der Waals surface area contributed by atoms with Crippen molar-refractivity contribution in [2.24, 2.45) is 23.2 Å². The fourth-order valence-corrected chi connectivity index (χ4v) is 5.73. The van der Waals surface area contributed by atoms with Crippen LogP contribution in [0.25, 0.3) is 0 Å². The quantitative estimate of drug-likeness (QED) is 0.702. The van der Waals surface area contributed by atoms with E-state index in [2.05, 4.69) is 18.7 Å². The van der Waals surface area contributed by atoms with Gasteiger partial charge >= 0.3 is 5.97 Å². The molecule has 21 heavy (non-hydrogen) atoms. The van der Waals surface area contributed by atoms with E-state index < -0.39 is 0 Å².